The summed E-state index contributed by atoms with van der Waals surface area (Å²) in [5.74, 6) is -0.294. The molecule has 0 atom stereocenters. The van der Waals surface area contributed by atoms with Crippen LogP contribution in [0.2, 0.25) is 0 Å². The maximum absolute atomic E-state index is 12.8. The van der Waals surface area contributed by atoms with Gasteiger partial charge in [-0.2, -0.15) is 5.10 Å². The predicted octanol–water partition coefficient (Wildman–Crippen LogP) is 0.849. The number of para-hydroxylation sites is 1. The third kappa shape index (κ3) is 2.85. The number of rotatable bonds is 2. The SMILES string of the molecule is O=C(c1ccc(=O)[nH]n1)N1CCN(C(=O)c2c[nH]c3ccccc23)CC1. The Labute approximate surface area is 148 Å². The molecule has 3 heterocycles. The zero-order chi connectivity index (χ0) is 18.1. The standard InChI is InChI=1S/C18H17N5O3/c24-16-6-5-15(20-21-16)18(26)23-9-7-22(8-10-23)17(25)13-11-19-14-4-2-1-3-12(13)14/h1-6,11,19H,7-10H2,(H,21,24). The van der Waals surface area contributed by atoms with Gasteiger partial charge >= 0.3 is 0 Å². The van der Waals surface area contributed by atoms with Gasteiger partial charge in [-0.25, -0.2) is 5.10 Å². The molecule has 2 amide bonds. The smallest absolute Gasteiger partial charge is 0.274 e. The van der Waals surface area contributed by atoms with Gasteiger partial charge in [-0.05, 0) is 12.1 Å². The lowest BCUT2D eigenvalue weighted by Gasteiger charge is -2.34. The predicted molar refractivity (Wildman–Crippen MR) is 95.0 cm³/mol. The molecule has 0 bridgehead atoms. The number of fused-ring (bicyclic) bond motifs is 1. The molecule has 1 fully saturated rings. The van der Waals surface area contributed by atoms with Gasteiger partial charge < -0.3 is 14.8 Å². The van der Waals surface area contributed by atoms with E-state index in [1.165, 1.54) is 12.1 Å². The molecule has 2 aromatic heterocycles. The summed E-state index contributed by atoms with van der Waals surface area (Å²) in [4.78, 5) is 42.8. The molecular formula is C18H17N5O3. The fourth-order valence-corrected chi connectivity index (χ4v) is 3.16. The van der Waals surface area contributed by atoms with Gasteiger partial charge in [0.15, 0.2) is 0 Å². The number of benzene rings is 1. The molecule has 26 heavy (non-hydrogen) atoms. The molecule has 1 aliphatic rings. The van der Waals surface area contributed by atoms with Crippen LogP contribution in [0.15, 0.2) is 47.4 Å². The number of H-pyrrole nitrogens is 2. The Morgan fingerprint density at radius 3 is 2.31 bits per heavy atom. The first-order chi connectivity index (χ1) is 12.6. The van der Waals surface area contributed by atoms with E-state index in [-0.39, 0.29) is 23.1 Å². The third-order valence-corrected chi connectivity index (χ3v) is 4.57. The van der Waals surface area contributed by atoms with Gasteiger partial charge in [-0.15, -0.1) is 0 Å². The van der Waals surface area contributed by atoms with Crippen LogP contribution in [0.1, 0.15) is 20.8 Å². The first-order valence-corrected chi connectivity index (χ1v) is 8.34. The van der Waals surface area contributed by atoms with Crippen LogP contribution in [0.4, 0.5) is 0 Å². The molecule has 4 rings (SSSR count). The number of hydrogen-bond donors (Lipinski definition) is 2. The fourth-order valence-electron chi connectivity index (χ4n) is 3.16. The molecule has 0 spiro atoms. The number of amides is 2. The van der Waals surface area contributed by atoms with Gasteiger partial charge in [0.2, 0.25) is 0 Å². The summed E-state index contributed by atoms with van der Waals surface area (Å²) in [6.45, 7) is 1.75. The molecule has 8 nitrogen and oxygen atoms in total. The second-order valence-corrected chi connectivity index (χ2v) is 6.14. The highest BCUT2D eigenvalue weighted by atomic mass is 16.2. The Bertz CT molecular complexity index is 1010. The first-order valence-electron chi connectivity index (χ1n) is 8.34. The normalized spacial score (nSPS) is 14.6. The molecule has 0 unspecified atom stereocenters. The van der Waals surface area contributed by atoms with Gasteiger partial charge in [-0.3, -0.25) is 14.4 Å². The van der Waals surface area contributed by atoms with E-state index >= 15 is 0 Å². The van der Waals surface area contributed by atoms with Crippen molar-refractivity contribution in [2.75, 3.05) is 26.2 Å². The highest BCUT2D eigenvalue weighted by molar-refractivity contribution is 6.06. The van der Waals surface area contributed by atoms with E-state index in [0.717, 1.165) is 10.9 Å². The van der Waals surface area contributed by atoms with Crippen LogP contribution in [0.25, 0.3) is 10.9 Å². The van der Waals surface area contributed by atoms with Crippen molar-refractivity contribution in [2.24, 2.45) is 0 Å². The van der Waals surface area contributed by atoms with Gasteiger partial charge in [0, 0.05) is 49.3 Å². The summed E-state index contributed by atoms with van der Waals surface area (Å²) in [5.41, 5.74) is 1.41. The molecule has 0 aliphatic carbocycles. The average Bonchev–Trinajstić information content (AvgIpc) is 3.12. The summed E-state index contributed by atoms with van der Waals surface area (Å²) in [6.07, 6.45) is 1.73. The zero-order valence-corrected chi connectivity index (χ0v) is 13.9. The number of carbonyl (C=O) groups is 2. The van der Waals surface area contributed by atoms with E-state index in [1.54, 1.807) is 16.0 Å². The molecule has 1 aliphatic heterocycles. The zero-order valence-electron chi connectivity index (χ0n) is 13.9. The average molecular weight is 351 g/mol. The van der Waals surface area contributed by atoms with E-state index in [4.69, 9.17) is 0 Å². The van der Waals surface area contributed by atoms with E-state index in [0.29, 0.717) is 31.7 Å². The molecule has 0 radical (unpaired) electrons. The van der Waals surface area contributed by atoms with Gasteiger partial charge in [0.05, 0.1) is 5.56 Å². The Morgan fingerprint density at radius 1 is 0.923 bits per heavy atom. The molecule has 1 aromatic carbocycles. The van der Waals surface area contributed by atoms with Gasteiger partial charge in [0.25, 0.3) is 17.4 Å². The summed E-state index contributed by atoms with van der Waals surface area (Å²) in [6, 6.07) is 10.4. The van der Waals surface area contributed by atoms with Crippen molar-refractivity contribution in [3.8, 4) is 0 Å². The van der Waals surface area contributed by atoms with Crippen LogP contribution in [0.3, 0.4) is 0 Å². The Morgan fingerprint density at radius 2 is 1.62 bits per heavy atom. The van der Waals surface area contributed by atoms with Crippen LogP contribution in [0.5, 0.6) is 0 Å². The van der Waals surface area contributed by atoms with Crippen LogP contribution in [-0.4, -0.2) is 63.0 Å². The largest absolute Gasteiger partial charge is 0.360 e. The van der Waals surface area contributed by atoms with Crippen molar-refractivity contribution in [1.82, 2.24) is 25.0 Å². The van der Waals surface area contributed by atoms with E-state index in [1.807, 2.05) is 24.3 Å². The van der Waals surface area contributed by atoms with Crippen LogP contribution in [-0.2, 0) is 0 Å². The number of piperazine rings is 1. The quantitative estimate of drug-likeness (QED) is 0.714. The summed E-state index contributed by atoms with van der Waals surface area (Å²) < 4.78 is 0. The van der Waals surface area contributed by atoms with E-state index in [2.05, 4.69) is 15.2 Å². The summed E-state index contributed by atoms with van der Waals surface area (Å²) >= 11 is 0. The Hall–Kier alpha value is -3.42. The Kier molecular flexibility index (Phi) is 4.00. The number of carbonyl (C=O) groups excluding carboxylic acids is 2. The summed E-state index contributed by atoms with van der Waals surface area (Å²) in [7, 11) is 0. The monoisotopic (exact) mass is 351 g/mol. The van der Waals surface area contributed by atoms with E-state index in [9.17, 15) is 14.4 Å². The van der Waals surface area contributed by atoms with Crippen LogP contribution >= 0.6 is 0 Å². The van der Waals surface area contributed by atoms with Crippen molar-refractivity contribution in [1.29, 1.82) is 0 Å². The molecule has 8 heteroatoms. The third-order valence-electron chi connectivity index (χ3n) is 4.57. The fraction of sp³-hybridized carbons (Fsp3) is 0.222. The molecule has 0 saturated carbocycles. The molecule has 132 valence electrons. The molecule has 3 aromatic rings. The van der Waals surface area contributed by atoms with Crippen molar-refractivity contribution >= 4 is 22.7 Å². The van der Waals surface area contributed by atoms with Crippen LogP contribution in [0, 0.1) is 0 Å². The van der Waals surface area contributed by atoms with Gasteiger partial charge in [0.1, 0.15) is 5.69 Å². The second kappa shape index (κ2) is 6.47. The molecular weight excluding hydrogens is 334 g/mol. The van der Waals surface area contributed by atoms with Crippen molar-refractivity contribution < 1.29 is 9.59 Å². The number of nitrogens with zero attached hydrogens (tertiary/aromatic N) is 3. The van der Waals surface area contributed by atoms with Crippen molar-refractivity contribution in [2.45, 2.75) is 0 Å². The van der Waals surface area contributed by atoms with Crippen LogP contribution < -0.4 is 5.56 Å². The maximum Gasteiger partial charge on any atom is 0.274 e. The number of hydrogen-bond acceptors (Lipinski definition) is 4. The number of nitrogens with one attached hydrogen (secondary N) is 2. The van der Waals surface area contributed by atoms with Crippen molar-refractivity contribution in [3.05, 3.63) is 64.2 Å². The minimum absolute atomic E-state index is 0.0447. The first kappa shape index (κ1) is 16.1. The van der Waals surface area contributed by atoms with Crippen molar-refractivity contribution in [3.63, 3.8) is 0 Å². The minimum Gasteiger partial charge on any atom is -0.360 e. The maximum atomic E-state index is 12.8. The highest BCUT2D eigenvalue weighted by Gasteiger charge is 2.27. The highest BCUT2D eigenvalue weighted by Crippen LogP contribution is 2.20. The Balaban J connectivity index is 1.44. The van der Waals surface area contributed by atoms with Gasteiger partial charge in [-0.1, -0.05) is 18.2 Å². The molecule has 1 saturated heterocycles. The van der Waals surface area contributed by atoms with E-state index < -0.39 is 0 Å². The minimum atomic E-state index is -0.351. The number of aromatic amines is 2. The molecule has 2 N–H and O–H groups in total. The lowest BCUT2D eigenvalue weighted by molar-refractivity contribution is 0.0532. The topological polar surface area (TPSA) is 102 Å². The number of aromatic nitrogens is 3. The second-order valence-electron chi connectivity index (χ2n) is 6.14. The lowest BCUT2D eigenvalue weighted by atomic mass is 10.1. The lowest BCUT2D eigenvalue weighted by Crippen LogP contribution is -2.50. The summed E-state index contributed by atoms with van der Waals surface area (Å²) in [5, 5.41) is 6.93.